The van der Waals surface area contributed by atoms with E-state index in [0.29, 0.717) is 17.7 Å². The van der Waals surface area contributed by atoms with Crippen LogP contribution in [0.15, 0.2) is 12.1 Å². The van der Waals surface area contributed by atoms with Crippen LogP contribution in [0.2, 0.25) is 0 Å². The van der Waals surface area contributed by atoms with E-state index >= 15 is 0 Å². The molecule has 0 unspecified atom stereocenters. The molecule has 0 aromatic heterocycles. The van der Waals surface area contributed by atoms with Crippen molar-refractivity contribution in [1.29, 1.82) is 0 Å². The summed E-state index contributed by atoms with van der Waals surface area (Å²) >= 11 is 0. The van der Waals surface area contributed by atoms with Crippen LogP contribution < -0.4 is 0 Å². The summed E-state index contributed by atoms with van der Waals surface area (Å²) in [6.07, 6.45) is 5.23. The van der Waals surface area contributed by atoms with E-state index in [1.165, 1.54) is 4.90 Å². The quantitative estimate of drug-likeness (QED) is 0.842. The van der Waals surface area contributed by atoms with Crippen LogP contribution in [0.3, 0.4) is 0 Å². The minimum absolute atomic E-state index is 0.0560. The van der Waals surface area contributed by atoms with Gasteiger partial charge in [0.05, 0.1) is 17.7 Å². The first-order chi connectivity index (χ1) is 8.93. The molecule has 0 aliphatic heterocycles. The van der Waals surface area contributed by atoms with Gasteiger partial charge in [-0.1, -0.05) is 18.1 Å². The lowest BCUT2D eigenvalue weighted by Crippen LogP contribution is -2.33. The molecule has 0 spiro atoms. The summed E-state index contributed by atoms with van der Waals surface area (Å²) in [6.45, 7) is 5.82. The fourth-order valence-corrected chi connectivity index (χ4v) is 1.96. The first kappa shape index (κ1) is 14.8. The standard InChI is InChI=1S/C15H17NO3/c1-5-9-16(6-2)14(17)12-10(3)7-8-11(4)13(12)15(18)19/h1,7-8H,6,9H2,2-4H3,(H,18,19). The van der Waals surface area contributed by atoms with E-state index in [1.807, 2.05) is 0 Å². The molecule has 0 aliphatic carbocycles. The fraction of sp³-hybridized carbons (Fsp3) is 0.333. The number of carboxylic acid groups (broad SMARTS) is 1. The Morgan fingerprint density at radius 3 is 2.21 bits per heavy atom. The van der Waals surface area contributed by atoms with Crippen molar-refractivity contribution in [2.24, 2.45) is 0 Å². The molecule has 0 heterocycles. The van der Waals surface area contributed by atoms with Crippen molar-refractivity contribution >= 4 is 11.9 Å². The van der Waals surface area contributed by atoms with E-state index < -0.39 is 5.97 Å². The van der Waals surface area contributed by atoms with Crippen LogP contribution >= 0.6 is 0 Å². The van der Waals surface area contributed by atoms with E-state index in [4.69, 9.17) is 6.42 Å². The smallest absolute Gasteiger partial charge is 0.336 e. The predicted molar refractivity (Wildman–Crippen MR) is 73.3 cm³/mol. The molecule has 1 aromatic carbocycles. The minimum Gasteiger partial charge on any atom is -0.478 e. The summed E-state index contributed by atoms with van der Waals surface area (Å²) in [4.78, 5) is 25.2. The zero-order valence-electron chi connectivity index (χ0n) is 11.4. The Balaban J connectivity index is 3.41. The molecule has 0 saturated carbocycles. The van der Waals surface area contributed by atoms with Crippen LogP contribution in [0, 0.1) is 26.2 Å². The van der Waals surface area contributed by atoms with Crippen molar-refractivity contribution in [1.82, 2.24) is 4.90 Å². The van der Waals surface area contributed by atoms with Gasteiger partial charge in [-0.2, -0.15) is 0 Å². The van der Waals surface area contributed by atoms with E-state index in [2.05, 4.69) is 5.92 Å². The molecule has 1 rings (SSSR count). The summed E-state index contributed by atoms with van der Waals surface area (Å²) in [5.41, 5.74) is 1.49. The number of hydrogen-bond donors (Lipinski definition) is 1. The third-order valence-electron chi connectivity index (χ3n) is 3.00. The van der Waals surface area contributed by atoms with Gasteiger partial charge >= 0.3 is 5.97 Å². The first-order valence-corrected chi connectivity index (χ1v) is 6.00. The SMILES string of the molecule is C#CCN(CC)C(=O)c1c(C)ccc(C)c1C(=O)O. The topological polar surface area (TPSA) is 57.6 Å². The van der Waals surface area contributed by atoms with Crippen molar-refractivity contribution in [3.05, 3.63) is 34.4 Å². The Labute approximate surface area is 113 Å². The number of amides is 1. The van der Waals surface area contributed by atoms with Gasteiger partial charge in [0.2, 0.25) is 0 Å². The number of benzene rings is 1. The number of carboxylic acids is 1. The molecule has 0 saturated heterocycles. The summed E-state index contributed by atoms with van der Waals surface area (Å²) in [5, 5.41) is 9.29. The van der Waals surface area contributed by atoms with Crippen molar-refractivity contribution in [3.8, 4) is 12.3 Å². The van der Waals surface area contributed by atoms with Crippen molar-refractivity contribution < 1.29 is 14.7 Å². The predicted octanol–water partition coefficient (Wildman–Crippen LogP) is 2.10. The highest BCUT2D eigenvalue weighted by Crippen LogP contribution is 2.20. The molecule has 4 nitrogen and oxygen atoms in total. The van der Waals surface area contributed by atoms with E-state index in [9.17, 15) is 14.7 Å². The number of nitrogens with zero attached hydrogens (tertiary/aromatic N) is 1. The monoisotopic (exact) mass is 259 g/mol. The lowest BCUT2D eigenvalue weighted by atomic mass is 9.96. The second-order valence-electron chi connectivity index (χ2n) is 4.28. The molecule has 0 fully saturated rings. The molecular formula is C15H17NO3. The molecule has 4 heteroatoms. The lowest BCUT2D eigenvalue weighted by molar-refractivity contribution is 0.0679. The van der Waals surface area contributed by atoms with Crippen LogP contribution in [0.1, 0.15) is 38.8 Å². The second-order valence-corrected chi connectivity index (χ2v) is 4.28. The summed E-state index contributed by atoms with van der Waals surface area (Å²) in [5.74, 6) is 0.980. The Morgan fingerprint density at radius 2 is 1.79 bits per heavy atom. The van der Waals surface area contributed by atoms with Crippen LogP contribution in [-0.4, -0.2) is 35.0 Å². The summed E-state index contributed by atoms with van der Waals surface area (Å²) < 4.78 is 0. The zero-order valence-corrected chi connectivity index (χ0v) is 11.4. The van der Waals surface area contributed by atoms with Gasteiger partial charge in [-0.05, 0) is 31.9 Å². The summed E-state index contributed by atoms with van der Waals surface area (Å²) in [7, 11) is 0. The van der Waals surface area contributed by atoms with Gasteiger partial charge in [-0.3, -0.25) is 4.79 Å². The van der Waals surface area contributed by atoms with E-state index in [-0.39, 0.29) is 23.6 Å². The largest absolute Gasteiger partial charge is 0.478 e. The molecule has 1 amide bonds. The molecule has 19 heavy (non-hydrogen) atoms. The number of carbonyl (C=O) groups excluding carboxylic acids is 1. The third kappa shape index (κ3) is 2.94. The van der Waals surface area contributed by atoms with Crippen LogP contribution in [0.4, 0.5) is 0 Å². The van der Waals surface area contributed by atoms with Gasteiger partial charge in [0.25, 0.3) is 5.91 Å². The lowest BCUT2D eigenvalue weighted by Gasteiger charge is -2.21. The molecule has 0 atom stereocenters. The van der Waals surface area contributed by atoms with Crippen LogP contribution in [0.5, 0.6) is 0 Å². The third-order valence-corrected chi connectivity index (χ3v) is 3.00. The van der Waals surface area contributed by atoms with Gasteiger partial charge in [0, 0.05) is 6.54 Å². The molecule has 0 aliphatic rings. The number of aromatic carboxylic acids is 1. The second kappa shape index (κ2) is 6.05. The first-order valence-electron chi connectivity index (χ1n) is 6.00. The molecule has 0 radical (unpaired) electrons. The maximum atomic E-state index is 12.4. The highest BCUT2D eigenvalue weighted by atomic mass is 16.4. The number of terminal acetylenes is 1. The summed E-state index contributed by atoms with van der Waals surface area (Å²) in [6, 6.07) is 3.45. The highest BCUT2D eigenvalue weighted by Gasteiger charge is 2.24. The van der Waals surface area contributed by atoms with E-state index in [1.54, 1.807) is 32.9 Å². The maximum absolute atomic E-state index is 12.4. The van der Waals surface area contributed by atoms with Gasteiger partial charge < -0.3 is 10.0 Å². The number of rotatable bonds is 4. The number of carbonyl (C=O) groups is 2. The molecule has 1 aromatic rings. The van der Waals surface area contributed by atoms with E-state index in [0.717, 1.165) is 0 Å². The molecule has 1 N–H and O–H groups in total. The zero-order chi connectivity index (χ0) is 14.6. The Morgan fingerprint density at radius 1 is 1.26 bits per heavy atom. The van der Waals surface area contributed by atoms with Crippen molar-refractivity contribution in [3.63, 3.8) is 0 Å². The molecule has 100 valence electrons. The van der Waals surface area contributed by atoms with Crippen LogP contribution in [0.25, 0.3) is 0 Å². The fourth-order valence-electron chi connectivity index (χ4n) is 1.96. The Bertz CT molecular complexity index is 555. The number of aryl methyl sites for hydroxylation is 2. The van der Waals surface area contributed by atoms with Crippen molar-refractivity contribution in [2.45, 2.75) is 20.8 Å². The maximum Gasteiger partial charge on any atom is 0.336 e. The normalized spacial score (nSPS) is 9.79. The average Bonchev–Trinajstić information content (AvgIpc) is 2.37. The van der Waals surface area contributed by atoms with Gasteiger partial charge in [-0.25, -0.2) is 4.79 Å². The molecule has 0 bridgehead atoms. The minimum atomic E-state index is -1.10. The Kier molecular flexibility index (Phi) is 4.71. The van der Waals surface area contributed by atoms with Gasteiger partial charge in [-0.15, -0.1) is 6.42 Å². The average molecular weight is 259 g/mol. The van der Waals surface area contributed by atoms with Gasteiger partial charge in [0.1, 0.15) is 0 Å². The van der Waals surface area contributed by atoms with Crippen LogP contribution in [-0.2, 0) is 0 Å². The van der Waals surface area contributed by atoms with Crippen molar-refractivity contribution in [2.75, 3.05) is 13.1 Å². The highest BCUT2D eigenvalue weighted by molar-refractivity contribution is 6.06. The Hall–Kier alpha value is -2.28. The number of hydrogen-bond acceptors (Lipinski definition) is 2. The molecular weight excluding hydrogens is 242 g/mol. The van der Waals surface area contributed by atoms with Gasteiger partial charge in [0.15, 0.2) is 0 Å².